The molecule has 0 saturated carbocycles. The van der Waals surface area contributed by atoms with Crippen LogP contribution in [0.15, 0.2) is 52.0 Å². The molecular weight excluding hydrogens is 466 g/mol. The molecule has 4 rings (SSSR count). The van der Waals surface area contributed by atoms with Gasteiger partial charge in [0.05, 0.1) is 36.4 Å². The van der Waals surface area contributed by atoms with Gasteiger partial charge in [-0.25, -0.2) is 13.0 Å². The van der Waals surface area contributed by atoms with Crippen LogP contribution in [0, 0.1) is 0 Å². The van der Waals surface area contributed by atoms with E-state index >= 15 is 0 Å². The number of hydrogen-bond acceptors (Lipinski definition) is 4. The first-order valence-electron chi connectivity index (χ1n) is 9.01. The molecule has 154 valence electrons. The van der Waals surface area contributed by atoms with Gasteiger partial charge in [0.2, 0.25) is 0 Å². The van der Waals surface area contributed by atoms with Gasteiger partial charge in [-0.1, -0.05) is 22.0 Å². The minimum Gasteiger partial charge on any atom is -0.495 e. The van der Waals surface area contributed by atoms with Crippen LogP contribution in [0.3, 0.4) is 0 Å². The normalized spacial score (nSPS) is 15.8. The molecule has 0 spiro atoms. The average molecular weight is 485 g/mol. The Morgan fingerprint density at radius 1 is 1.17 bits per heavy atom. The van der Waals surface area contributed by atoms with E-state index in [2.05, 4.69) is 20.8 Å². The number of morpholine rings is 1. The molecule has 29 heavy (non-hydrogen) atoms. The third-order valence-electron chi connectivity index (χ3n) is 4.88. The summed E-state index contributed by atoms with van der Waals surface area (Å²) in [6, 6.07) is 10.3. The van der Waals surface area contributed by atoms with Crippen LogP contribution in [-0.4, -0.2) is 41.6 Å². The van der Waals surface area contributed by atoms with Gasteiger partial charge in [-0.2, -0.15) is 0 Å². The predicted octanol–water partition coefficient (Wildman–Crippen LogP) is 4.76. The van der Waals surface area contributed by atoms with Crippen molar-refractivity contribution in [1.29, 1.82) is 0 Å². The smallest absolute Gasteiger partial charge is 0.265 e. The van der Waals surface area contributed by atoms with Crippen LogP contribution in [0.25, 0.3) is 10.9 Å². The number of benzene rings is 2. The first-order chi connectivity index (χ1) is 14.0. The van der Waals surface area contributed by atoms with Crippen molar-refractivity contribution >= 4 is 43.5 Å². The molecule has 1 atom stereocenters. The predicted molar refractivity (Wildman–Crippen MR) is 112 cm³/mol. The maximum Gasteiger partial charge on any atom is 0.265 e. The van der Waals surface area contributed by atoms with Gasteiger partial charge in [-0.3, -0.25) is 3.97 Å². The number of alkyl halides is 2. The molecule has 0 amide bonds. The van der Waals surface area contributed by atoms with E-state index in [0.717, 1.165) is 10.2 Å². The molecule has 0 bridgehead atoms. The first kappa shape index (κ1) is 20.3. The van der Waals surface area contributed by atoms with Crippen molar-refractivity contribution in [2.24, 2.45) is 0 Å². The second-order valence-corrected chi connectivity index (χ2v) is 8.83. The molecule has 3 aromatic rings. The van der Waals surface area contributed by atoms with Gasteiger partial charge in [-0.15, -0.1) is 0 Å². The summed E-state index contributed by atoms with van der Waals surface area (Å²) in [6.45, 7) is 2.59. The minimum atomic E-state index is -2.66. The van der Waals surface area contributed by atoms with Gasteiger partial charge in [0, 0.05) is 34.7 Å². The van der Waals surface area contributed by atoms with Crippen LogP contribution >= 0.6 is 15.9 Å². The SMILES string of the molecule is COc1ccc(S(=O)n2cc(C(F)F)c3ccc(Br)cc32)cc1N1CCOCC1. The van der Waals surface area contributed by atoms with Crippen molar-refractivity contribution in [3.8, 4) is 5.75 Å². The van der Waals surface area contributed by atoms with Gasteiger partial charge in [-0.05, 0) is 30.3 Å². The lowest BCUT2D eigenvalue weighted by molar-refractivity contribution is 0.122. The largest absolute Gasteiger partial charge is 0.495 e. The molecule has 1 aliphatic heterocycles. The fraction of sp³-hybridized carbons (Fsp3) is 0.300. The number of halogens is 3. The standard InChI is InChI=1S/C20H19BrF2N2O3S/c1-27-19-5-3-14(11-18(19)24-6-8-28-9-7-24)29(26)25-12-16(20(22)23)15-4-2-13(21)10-17(15)25/h2-5,10-12,20H,6-9H2,1H3. The highest BCUT2D eigenvalue weighted by Gasteiger charge is 2.22. The molecule has 0 radical (unpaired) electrons. The zero-order chi connectivity index (χ0) is 20.5. The monoisotopic (exact) mass is 484 g/mol. The molecule has 1 saturated heterocycles. The van der Waals surface area contributed by atoms with Gasteiger partial charge in [0.1, 0.15) is 5.75 Å². The van der Waals surface area contributed by atoms with E-state index in [1.807, 2.05) is 0 Å². The number of ether oxygens (including phenoxy) is 2. The lowest BCUT2D eigenvalue weighted by Crippen LogP contribution is -2.36. The van der Waals surface area contributed by atoms with E-state index in [4.69, 9.17) is 9.47 Å². The van der Waals surface area contributed by atoms with Crippen molar-refractivity contribution in [2.75, 3.05) is 38.3 Å². The Kier molecular flexibility index (Phi) is 5.89. The Morgan fingerprint density at radius 2 is 1.93 bits per heavy atom. The third kappa shape index (κ3) is 3.91. The Balaban J connectivity index is 1.80. The fourth-order valence-electron chi connectivity index (χ4n) is 3.45. The Hall–Kier alpha value is -1.97. The quantitative estimate of drug-likeness (QED) is 0.523. The minimum absolute atomic E-state index is 0.136. The third-order valence-corrected chi connectivity index (χ3v) is 6.69. The second kappa shape index (κ2) is 8.41. The molecule has 1 fully saturated rings. The van der Waals surface area contributed by atoms with E-state index in [0.29, 0.717) is 47.9 Å². The lowest BCUT2D eigenvalue weighted by atomic mass is 10.2. The first-order valence-corrected chi connectivity index (χ1v) is 10.9. The summed E-state index contributed by atoms with van der Waals surface area (Å²) in [5, 5.41) is 0.387. The van der Waals surface area contributed by atoms with Crippen LogP contribution in [-0.2, 0) is 15.7 Å². The molecule has 9 heteroatoms. The summed E-state index contributed by atoms with van der Waals surface area (Å²) in [7, 11) is -0.116. The summed E-state index contributed by atoms with van der Waals surface area (Å²) in [5.74, 6) is 0.668. The van der Waals surface area contributed by atoms with Crippen LogP contribution in [0.2, 0.25) is 0 Å². The summed E-state index contributed by atoms with van der Waals surface area (Å²) >= 11 is 3.37. The lowest BCUT2D eigenvalue weighted by Gasteiger charge is -2.30. The molecule has 1 unspecified atom stereocenters. The van der Waals surface area contributed by atoms with Gasteiger partial charge < -0.3 is 14.4 Å². The van der Waals surface area contributed by atoms with Crippen molar-refractivity contribution in [1.82, 2.24) is 3.97 Å². The maximum atomic E-state index is 13.5. The van der Waals surface area contributed by atoms with Gasteiger partial charge >= 0.3 is 0 Å². The number of fused-ring (bicyclic) bond motifs is 1. The highest BCUT2D eigenvalue weighted by atomic mass is 79.9. The van der Waals surface area contributed by atoms with Crippen molar-refractivity contribution in [2.45, 2.75) is 11.3 Å². The topological polar surface area (TPSA) is 43.7 Å². The Labute approximate surface area is 177 Å². The summed E-state index contributed by atoms with van der Waals surface area (Å²) in [6.07, 6.45) is -1.38. The second-order valence-electron chi connectivity index (χ2n) is 6.55. The summed E-state index contributed by atoms with van der Waals surface area (Å²) < 4.78 is 53.4. The van der Waals surface area contributed by atoms with E-state index in [1.54, 1.807) is 43.5 Å². The van der Waals surface area contributed by atoms with Crippen molar-refractivity contribution < 1.29 is 22.5 Å². The van der Waals surface area contributed by atoms with Gasteiger partial charge in [0.25, 0.3) is 6.43 Å². The van der Waals surface area contributed by atoms with Crippen LogP contribution in [0.4, 0.5) is 14.5 Å². The molecule has 2 aromatic carbocycles. The van der Waals surface area contributed by atoms with Gasteiger partial charge in [0.15, 0.2) is 11.0 Å². The molecule has 1 aromatic heterocycles. The van der Waals surface area contributed by atoms with Crippen LogP contribution in [0.5, 0.6) is 5.75 Å². The van der Waals surface area contributed by atoms with Crippen LogP contribution in [0.1, 0.15) is 12.0 Å². The summed E-state index contributed by atoms with van der Waals surface area (Å²) in [5.41, 5.74) is 1.16. The molecule has 0 N–H and O–H groups in total. The molecule has 5 nitrogen and oxygen atoms in total. The molecular formula is C20H19BrF2N2O3S. The average Bonchev–Trinajstić information content (AvgIpc) is 3.12. The Morgan fingerprint density at radius 3 is 2.62 bits per heavy atom. The molecule has 2 heterocycles. The Bertz CT molecular complexity index is 1070. The number of hydrogen-bond donors (Lipinski definition) is 0. The number of anilines is 1. The van der Waals surface area contributed by atoms with Crippen LogP contribution < -0.4 is 9.64 Å². The highest BCUT2D eigenvalue weighted by molar-refractivity contribution is 9.10. The van der Waals surface area contributed by atoms with E-state index in [-0.39, 0.29) is 5.56 Å². The van der Waals surface area contributed by atoms with Crippen molar-refractivity contribution in [3.63, 3.8) is 0 Å². The molecule has 1 aliphatic rings. The maximum absolute atomic E-state index is 13.5. The van der Waals surface area contributed by atoms with E-state index in [1.165, 1.54) is 10.2 Å². The van der Waals surface area contributed by atoms with E-state index in [9.17, 15) is 13.0 Å². The highest BCUT2D eigenvalue weighted by Crippen LogP contribution is 2.35. The number of rotatable bonds is 5. The summed E-state index contributed by atoms with van der Waals surface area (Å²) in [4.78, 5) is 2.61. The number of nitrogens with zero attached hydrogens (tertiary/aromatic N) is 2. The van der Waals surface area contributed by atoms with Crippen molar-refractivity contribution in [3.05, 3.63) is 52.6 Å². The fourth-order valence-corrected chi connectivity index (χ4v) is 4.96. The van der Waals surface area contributed by atoms with E-state index < -0.39 is 17.4 Å². The zero-order valence-corrected chi connectivity index (χ0v) is 18.0. The number of methoxy groups -OCH3 is 1. The molecule has 0 aliphatic carbocycles. The zero-order valence-electron chi connectivity index (χ0n) is 15.6. The number of aromatic nitrogens is 1.